The van der Waals surface area contributed by atoms with Crippen LogP contribution in [-0.4, -0.2) is 47.4 Å². The third-order valence-corrected chi connectivity index (χ3v) is 16.0. The fourth-order valence-electron chi connectivity index (χ4n) is 10.7. The normalized spacial score (nSPS) is 12.6. The number of nitrogens with one attached hydrogen (secondary N) is 1. The zero-order chi connectivity index (χ0) is 54.3. The van der Waals surface area contributed by atoms with Gasteiger partial charge in [-0.2, -0.15) is 0 Å². The number of aliphatic hydroxyl groups excluding tert-OH is 2. The second kappa shape index (κ2) is 64.9. The Kier molecular flexibility index (Phi) is 63.4. The predicted molar refractivity (Wildman–Crippen MR) is 329 cm³/mol. The summed E-state index contributed by atoms with van der Waals surface area (Å²) in [4.78, 5) is 24.6. The fourth-order valence-corrected chi connectivity index (χ4v) is 10.7. The molecule has 1 amide bonds. The zero-order valence-corrected chi connectivity index (χ0v) is 50.8. The van der Waals surface area contributed by atoms with E-state index >= 15 is 0 Å². The van der Waals surface area contributed by atoms with Crippen molar-refractivity contribution in [3.05, 3.63) is 24.3 Å². The number of rotatable bonds is 64. The number of amides is 1. The van der Waals surface area contributed by atoms with Crippen LogP contribution in [0.15, 0.2) is 24.3 Å². The molecule has 0 aromatic rings. The zero-order valence-electron chi connectivity index (χ0n) is 50.8. The highest BCUT2D eigenvalue weighted by molar-refractivity contribution is 5.76. The summed E-state index contributed by atoms with van der Waals surface area (Å²) in [6, 6.07) is -0.628. The van der Waals surface area contributed by atoms with Gasteiger partial charge in [-0.05, 0) is 57.8 Å². The van der Waals surface area contributed by atoms with Gasteiger partial charge in [0.2, 0.25) is 5.91 Å². The Morgan fingerprint density at radius 1 is 0.360 bits per heavy atom. The van der Waals surface area contributed by atoms with Crippen molar-refractivity contribution in [3.63, 3.8) is 0 Å². The Morgan fingerprint density at radius 2 is 0.627 bits per heavy atom. The van der Waals surface area contributed by atoms with E-state index in [1.807, 2.05) is 6.08 Å². The molecule has 0 saturated heterocycles. The number of hydrogen-bond donors (Lipinski definition) is 3. The van der Waals surface area contributed by atoms with Crippen molar-refractivity contribution in [1.29, 1.82) is 0 Å². The number of unbranched alkanes of at least 4 members (excludes halogenated alkanes) is 51. The van der Waals surface area contributed by atoms with E-state index in [4.69, 9.17) is 4.74 Å². The van der Waals surface area contributed by atoms with Gasteiger partial charge in [0.1, 0.15) is 0 Å². The maximum atomic E-state index is 12.5. The van der Waals surface area contributed by atoms with Crippen molar-refractivity contribution < 1.29 is 24.5 Å². The third-order valence-electron chi connectivity index (χ3n) is 16.0. The molecular formula is C69H133NO5. The molecule has 0 radical (unpaired) electrons. The maximum absolute atomic E-state index is 12.5. The lowest BCUT2D eigenvalue weighted by Crippen LogP contribution is -2.45. The molecule has 0 rings (SSSR count). The monoisotopic (exact) mass is 1060 g/mol. The van der Waals surface area contributed by atoms with Crippen molar-refractivity contribution in [2.45, 2.75) is 392 Å². The van der Waals surface area contributed by atoms with Gasteiger partial charge in [0.25, 0.3) is 0 Å². The van der Waals surface area contributed by atoms with E-state index in [1.54, 1.807) is 6.08 Å². The Bertz CT molecular complexity index is 1170. The van der Waals surface area contributed by atoms with E-state index in [2.05, 4.69) is 31.3 Å². The molecule has 0 aliphatic heterocycles. The second-order valence-corrected chi connectivity index (χ2v) is 23.5. The van der Waals surface area contributed by atoms with E-state index in [0.29, 0.717) is 19.4 Å². The highest BCUT2D eigenvalue weighted by Crippen LogP contribution is 2.18. The van der Waals surface area contributed by atoms with Crippen LogP contribution in [0.1, 0.15) is 380 Å². The summed E-state index contributed by atoms with van der Waals surface area (Å²) >= 11 is 0. The van der Waals surface area contributed by atoms with Crippen molar-refractivity contribution in [2.24, 2.45) is 0 Å². The van der Waals surface area contributed by atoms with E-state index in [-0.39, 0.29) is 18.5 Å². The van der Waals surface area contributed by atoms with Gasteiger partial charge in [0.15, 0.2) is 0 Å². The number of carbonyl (C=O) groups is 2. The second-order valence-electron chi connectivity index (χ2n) is 23.5. The number of carbonyl (C=O) groups excluding carboxylic acids is 2. The molecule has 2 atom stereocenters. The van der Waals surface area contributed by atoms with Crippen LogP contribution < -0.4 is 5.32 Å². The van der Waals surface area contributed by atoms with Gasteiger partial charge in [0, 0.05) is 12.8 Å². The minimum absolute atomic E-state index is 0.0192. The average molecular weight is 1060 g/mol. The standard InChI is InChI=1S/C69H133NO5/c1-3-5-7-9-11-13-15-17-18-19-28-32-35-39-43-47-51-55-59-63-69(74)75-64-60-56-52-48-44-40-36-33-30-27-25-23-21-20-22-24-26-29-31-34-38-42-46-50-54-58-62-68(73)70-66(65-71)67(72)61-57-53-49-45-41-37-16-14-12-10-8-6-4-2/h20,22,57,61,66-67,71-72H,3-19,21,23-56,58-60,62-65H2,1-2H3,(H,70,73)/b22-20-,61-57+. The van der Waals surface area contributed by atoms with Crippen LogP contribution in [-0.2, 0) is 14.3 Å². The molecular weight excluding hydrogens is 923 g/mol. The van der Waals surface area contributed by atoms with Gasteiger partial charge in [-0.1, -0.05) is 334 Å². The summed E-state index contributed by atoms with van der Waals surface area (Å²) in [6.07, 6.45) is 81.1. The molecule has 3 N–H and O–H groups in total. The first-order valence-electron chi connectivity index (χ1n) is 34.1. The SMILES string of the molecule is CCCCCCCCCCCCC/C=C/C(O)C(CO)NC(=O)CCCCCCCCCCCC/C=C\CCCCCCCCCCCCCCOC(=O)CCCCCCCCCCCCCCCCCCCCC. The molecule has 444 valence electrons. The molecule has 0 aromatic carbocycles. The van der Waals surface area contributed by atoms with Crippen LogP contribution in [0.2, 0.25) is 0 Å². The quantitative estimate of drug-likeness (QED) is 0.0320. The Morgan fingerprint density at radius 3 is 0.947 bits per heavy atom. The van der Waals surface area contributed by atoms with Crippen molar-refractivity contribution in [2.75, 3.05) is 13.2 Å². The first-order valence-corrected chi connectivity index (χ1v) is 34.1. The average Bonchev–Trinajstić information content (AvgIpc) is 3.41. The number of esters is 1. The molecule has 0 saturated carbocycles. The van der Waals surface area contributed by atoms with E-state index in [1.165, 1.54) is 315 Å². The van der Waals surface area contributed by atoms with Crippen LogP contribution in [0.3, 0.4) is 0 Å². The summed E-state index contributed by atoms with van der Waals surface area (Å²) in [5, 5.41) is 23.1. The molecule has 0 aromatic heterocycles. The van der Waals surface area contributed by atoms with Crippen LogP contribution in [0.5, 0.6) is 0 Å². The highest BCUT2D eigenvalue weighted by atomic mass is 16.5. The lowest BCUT2D eigenvalue weighted by Gasteiger charge is -2.20. The molecule has 0 spiro atoms. The minimum atomic E-state index is -0.844. The molecule has 2 unspecified atom stereocenters. The van der Waals surface area contributed by atoms with Gasteiger partial charge in [0.05, 0.1) is 25.4 Å². The number of aliphatic hydroxyl groups is 2. The molecule has 75 heavy (non-hydrogen) atoms. The van der Waals surface area contributed by atoms with Gasteiger partial charge in [-0.25, -0.2) is 0 Å². The highest BCUT2D eigenvalue weighted by Gasteiger charge is 2.18. The van der Waals surface area contributed by atoms with Crippen molar-refractivity contribution in [1.82, 2.24) is 5.32 Å². The lowest BCUT2D eigenvalue weighted by atomic mass is 10.0. The summed E-state index contributed by atoms with van der Waals surface area (Å²) < 4.78 is 5.51. The smallest absolute Gasteiger partial charge is 0.305 e. The summed E-state index contributed by atoms with van der Waals surface area (Å²) in [7, 11) is 0. The summed E-state index contributed by atoms with van der Waals surface area (Å²) in [6.45, 7) is 4.93. The largest absolute Gasteiger partial charge is 0.466 e. The Balaban J connectivity index is 3.37. The maximum Gasteiger partial charge on any atom is 0.305 e. The fraction of sp³-hybridized carbons (Fsp3) is 0.913. The number of hydrogen-bond acceptors (Lipinski definition) is 5. The lowest BCUT2D eigenvalue weighted by molar-refractivity contribution is -0.143. The molecule has 0 bridgehead atoms. The molecule has 0 heterocycles. The van der Waals surface area contributed by atoms with Gasteiger partial charge in [-0.3, -0.25) is 9.59 Å². The Labute approximate surface area is 469 Å². The predicted octanol–water partition coefficient (Wildman–Crippen LogP) is 21.8. The molecule has 0 aliphatic rings. The van der Waals surface area contributed by atoms with Crippen LogP contribution >= 0.6 is 0 Å². The van der Waals surface area contributed by atoms with Gasteiger partial charge < -0.3 is 20.3 Å². The Hall–Kier alpha value is -1.66. The number of ether oxygens (including phenoxy) is 1. The molecule has 0 aliphatic carbocycles. The topological polar surface area (TPSA) is 95.9 Å². The third kappa shape index (κ3) is 61.4. The summed E-state index contributed by atoms with van der Waals surface area (Å²) in [5.41, 5.74) is 0. The van der Waals surface area contributed by atoms with E-state index in [0.717, 1.165) is 38.5 Å². The first-order chi connectivity index (χ1) is 37.0. The summed E-state index contributed by atoms with van der Waals surface area (Å²) in [5.74, 6) is -0.0493. The van der Waals surface area contributed by atoms with E-state index in [9.17, 15) is 19.8 Å². The van der Waals surface area contributed by atoms with E-state index < -0.39 is 12.1 Å². The molecule has 6 nitrogen and oxygen atoms in total. The first kappa shape index (κ1) is 73.3. The van der Waals surface area contributed by atoms with Crippen molar-refractivity contribution >= 4 is 11.9 Å². The number of allylic oxidation sites excluding steroid dienone is 3. The van der Waals surface area contributed by atoms with Crippen molar-refractivity contribution in [3.8, 4) is 0 Å². The van der Waals surface area contributed by atoms with Crippen LogP contribution in [0.25, 0.3) is 0 Å². The van der Waals surface area contributed by atoms with Crippen LogP contribution in [0, 0.1) is 0 Å². The minimum Gasteiger partial charge on any atom is -0.466 e. The van der Waals surface area contributed by atoms with Crippen LogP contribution in [0.4, 0.5) is 0 Å². The molecule has 0 fully saturated rings. The molecule has 6 heteroatoms. The van der Waals surface area contributed by atoms with Gasteiger partial charge >= 0.3 is 5.97 Å². The van der Waals surface area contributed by atoms with Gasteiger partial charge in [-0.15, -0.1) is 0 Å².